The summed E-state index contributed by atoms with van der Waals surface area (Å²) in [5, 5.41) is 0. The number of hydrogen-bond donors (Lipinski definition) is 0. The van der Waals surface area contributed by atoms with Crippen LogP contribution in [0.15, 0.2) is 12.3 Å². The molecule has 84 valence electrons. The summed E-state index contributed by atoms with van der Waals surface area (Å²) in [6.45, 7) is 3.66. The van der Waals surface area contributed by atoms with E-state index >= 15 is 0 Å². The van der Waals surface area contributed by atoms with Gasteiger partial charge in [0.1, 0.15) is 6.61 Å². The second-order valence-electron chi connectivity index (χ2n) is 4.03. The molecule has 0 unspecified atom stereocenters. The predicted molar refractivity (Wildman–Crippen MR) is 49.9 cm³/mol. The van der Waals surface area contributed by atoms with Gasteiger partial charge in [0.05, 0.1) is 6.26 Å². The van der Waals surface area contributed by atoms with Crippen molar-refractivity contribution in [2.75, 3.05) is 13.7 Å². The quantitative estimate of drug-likeness (QED) is 0.639. The average Bonchev–Trinajstić information content (AvgIpc) is 2.19. The highest BCUT2D eigenvalue weighted by Crippen LogP contribution is 2.35. The van der Waals surface area contributed by atoms with Crippen molar-refractivity contribution in [2.45, 2.75) is 31.5 Å². The van der Waals surface area contributed by atoms with Crippen LogP contribution < -0.4 is 0 Å². The molecule has 1 saturated heterocycles. The zero-order valence-corrected chi connectivity index (χ0v) is 8.98. The summed E-state index contributed by atoms with van der Waals surface area (Å²) >= 11 is 0. The molecule has 0 N–H and O–H groups in total. The largest absolute Gasteiger partial charge is 0.464 e. The Morgan fingerprint density at radius 2 is 2.27 bits per heavy atom. The topological polar surface area (TPSA) is 54.0 Å². The van der Waals surface area contributed by atoms with Crippen molar-refractivity contribution in [1.29, 1.82) is 0 Å². The third kappa shape index (κ3) is 1.67. The van der Waals surface area contributed by atoms with Crippen LogP contribution in [0, 0.1) is 0 Å². The van der Waals surface area contributed by atoms with E-state index in [0.29, 0.717) is 0 Å². The van der Waals surface area contributed by atoms with Gasteiger partial charge in [-0.2, -0.15) is 0 Å². The van der Waals surface area contributed by atoms with Crippen molar-refractivity contribution < 1.29 is 23.7 Å². The highest BCUT2D eigenvalue weighted by Gasteiger charge is 2.54. The van der Waals surface area contributed by atoms with Gasteiger partial charge < -0.3 is 18.9 Å². The summed E-state index contributed by atoms with van der Waals surface area (Å²) in [6, 6.07) is 0. The fourth-order valence-corrected chi connectivity index (χ4v) is 1.65. The summed E-state index contributed by atoms with van der Waals surface area (Å²) in [6.07, 6.45) is 1.88. The van der Waals surface area contributed by atoms with Gasteiger partial charge in [0.2, 0.25) is 0 Å². The second-order valence-corrected chi connectivity index (χ2v) is 4.03. The van der Waals surface area contributed by atoms with E-state index in [0.717, 1.165) is 0 Å². The van der Waals surface area contributed by atoms with Gasteiger partial charge in [0.15, 0.2) is 17.7 Å². The Kier molecular flexibility index (Phi) is 2.33. The molecule has 0 aliphatic carbocycles. The van der Waals surface area contributed by atoms with Gasteiger partial charge in [0, 0.05) is 13.2 Å². The molecule has 0 bridgehead atoms. The third-order valence-electron chi connectivity index (χ3n) is 2.53. The summed E-state index contributed by atoms with van der Waals surface area (Å²) in [5.74, 6) is -2.10. The monoisotopic (exact) mass is 214 g/mol. The van der Waals surface area contributed by atoms with Crippen molar-refractivity contribution in [2.24, 2.45) is 0 Å². The van der Waals surface area contributed by atoms with E-state index in [1.807, 2.05) is 0 Å². The molecular formula is C10H14O5. The molecular weight excluding hydrogens is 200 g/mol. The SMILES string of the molecule is CO[C@@]12COC(C)(C)O[C@H]1C(=O)C=CO2. The number of methoxy groups -OCH3 is 1. The van der Waals surface area contributed by atoms with Crippen LogP contribution in [0.25, 0.3) is 0 Å². The molecule has 2 heterocycles. The first-order chi connectivity index (χ1) is 6.99. The van der Waals surface area contributed by atoms with Crippen molar-refractivity contribution in [1.82, 2.24) is 0 Å². The lowest BCUT2D eigenvalue weighted by atomic mass is 10.0. The van der Waals surface area contributed by atoms with Gasteiger partial charge in [-0.15, -0.1) is 0 Å². The van der Waals surface area contributed by atoms with Gasteiger partial charge in [-0.25, -0.2) is 0 Å². The lowest BCUT2D eigenvalue weighted by Crippen LogP contribution is -2.63. The Bertz CT molecular complexity index is 309. The molecule has 5 heteroatoms. The molecule has 0 amide bonds. The van der Waals surface area contributed by atoms with Crippen LogP contribution in [0.3, 0.4) is 0 Å². The zero-order valence-electron chi connectivity index (χ0n) is 8.98. The van der Waals surface area contributed by atoms with Gasteiger partial charge >= 0.3 is 0 Å². The molecule has 15 heavy (non-hydrogen) atoms. The van der Waals surface area contributed by atoms with E-state index in [1.165, 1.54) is 19.4 Å². The molecule has 0 aromatic heterocycles. The summed E-state index contributed by atoms with van der Waals surface area (Å²) in [7, 11) is 1.46. The van der Waals surface area contributed by atoms with Crippen molar-refractivity contribution in [3.05, 3.63) is 12.3 Å². The number of ether oxygens (including phenoxy) is 4. The molecule has 5 nitrogen and oxygen atoms in total. The number of carbonyl (C=O) groups is 1. The average molecular weight is 214 g/mol. The van der Waals surface area contributed by atoms with Crippen molar-refractivity contribution in [3.8, 4) is 0 Å². The maximum Gasteiger partial charge on any atom is 0.267 e. The van der Waals surface area contributed by atoms with Crippen LogP contribution in [0.1, 0.15) is 13.8 Å². The van der Waals surface area contributed by atoms with Crippen molar-refractivity contribution in [3.63, 3.8) is 0 Å². The highest BCUT2D eigenvalue weighted by atomic mass is 16.8. The molecule has 2 rings (SSSR count). The minimum absolute atomic E-state index is 0.164. The standard InChI is InChI=1S/C10H14O5/c1-9(2)14-6-10(12-3)8(15-9)7(11)4-5-13-10/h4-5,8H,6H2,1-3H3/t8-,10+/m0/s1. The van der Waals surface area contributed by atoms with Gasteiger partial charge in [-0.05, 0) is 13.8 Å². The Morgan fingerprint density at radius 3 is 2.93 bits per heavy atom. The normalized spacial score (nSPS) is 38.3. The zero-order chi connectivity index (χ0) is 11.1. The molecule has 2 atom stereocenters. The molecule has 1 fully saturated rings. The molecule has 0 aromatic rings. The number of ketones is 1. The van der Waals surface area contributed by atoms with E-state index < -0.39 is 17.7 Å². The fourth-order valence-electron chi connectivity index (χ4n) is 1.65. The second kappa shape index (κ2) is 3.30. The Labute approximate surface area is 87.9 Å². The third-order valence-corrected chi connectivity index (χ3v) is 2.53. The number of carbonyl (C=O) groups excluding carboxylic acids is 1. The Hall–Kier alpha value is -0.910. The van der Waals surface area contributed by atoms with Crippen LogP contribution in [0.4, 0.5) is 0 Å². The fraction of sp³-hybridized carbons (Fsp3) is 0.700. The first-order valence-corrected chi connectivity index (χ1v) is 4.74. The first kappa shape index (κ1) is 10.6. The summed E-state index contributed by atoms with van der Waals surface area (Å²) in [4.78, 5) is 11.7. The van der Waals surface area contributed by atoms with E-state index in [4.69, 9.17) is 18.9 Å². The molecule has 2 aliphatic heterocycles. The number of rotatable bonds is 1. The van der Waals surface area contributed by atoms with Gasteiger partial charge in [-0.1, -0.05) is 0 Å². The van der Waals surface area contributed by atoms with Crippen LogP contribution in [-0.4, -0.2) is 37.2 Å². The lowest BCUT2D eigenvalue weighted by molar-refractivity contribution is -0.382. The van der Waals surface area contributed by atoms with Crippen molar-refractivity contribution >= 4 is 5.78 Å². The van der Waals surface area contributed by atoms with Crippen LogP contribution in [-0.2, 0) is 23.7 Å². The van der Waals surface area contributed by atoms with E-state index in [9.17, 15) is 4.79 Å². The Balaban J connectivity index is 2.30. The van der Waals surface area contributed by atoms with Crippen LogP contribution in [0.2, 0.25) is 0 Å². The van der Waals surface area contributed by atoms with E-state index in [-0.39, 0.29) is 12.4 Å². The van der Waals surface area contributed by atoms with Gasteiger partial charge in [-0.3, -0.25) is 4.79 Å². The van der Waals surface area contributed by atoms with Crippen LogP contribution in [0.5, 0.6) is 0 Å². The minimum atomic E-state index is -1.14. The van der Waals surface area contributed by atoms with E-state index in [1.54, 1.807) is 13.8 Å². The van der Waals surface area contributed by atoms with Crippen LogP contribution >= 0.6 is 0 Å². The maximum absolute atomic E-state index is 11.7. The highest BCUT2D eigenvalue weighted by molar-refractivity contribution is 5.95. The molecule has 0 aromatic carbocycles. The summed E-state index contributed by atoms with van der Waals surface area (Å²) in [5.41, 5.74) is 0. The number of fused-ring (bicyclic) bond motifs is 1. The predicted octanol–water partition coefficient (Wildman–Crippen LogP) is 0.594. The maximum atomic E-state index is 11.7. The number of hydrogen-bond acceptors (Lipinski definition) is 5. The first-order valence-electron chi connectivity index (χ1n) is 4.74. The summed E-state index contributed by atoms with van der Waals surface area (Å²) < 4.78 is 21.4. The van der Waals surface area contributed by atoms with E-state index in [2.05, 4.69) is 0 Å². The smallest absolute Gasteiger partial charge is 0.267 e. The van der Waals surface area contributed by atoms with Gasteiger partial charge in [0.25, 0.3) is 5.79 Å². The Morgan fingerprint density at radius 1 is 1.53 bits per heavy atom. The molecule has 2 aliphatic rings. The lowest BCUT2D eigenvalue weighted by Gasteiger charge is -2.47. The molecule has 0 radical (unpaired) electrons. The minimum Gasteiger partial charge on any atom is -0.464 e. The molecule has 0 saturated carbocycles. The molecule has 0 spiro atoms.